The number of esters is 1. The van der Waals surface area contributed by atoms with E-state index in [0.29, 0.717) is 16.5 Å². The van der Waals surface area contributed by atoms with Crippen molar-refractivity contribution in [3.63, 3.8) is 0 Å². The number of carbonyl (C=O) groups excluding carboxylic acids is 1. The van der Waals surface area contributed by atoms with Gasteiger partial charge in [-0.15, -0.1) is 0 Å². The predicted molar refractivity (Wildman–Crippen MR) is 85.5 cm³/mol. The lowest BCUT2D eigenvalue weighted by Gasteiger charge is -2.21. The Morgan fingerprint density at radius 3 is 2.77 bits per heavy atom. The molecule has 2 aromatic carbocycles. The van der Waals surface area contributed by atoms with Crippen molar-refractivity contribution in [3.8, 4) is 11.5 Å². The zero-order valence-corrected chi connectivity index (χ0v) is 12.4. The molecule has 0 radical (unpaired) electrons. The van der Waals surface area contributed by atoms with Crippen molar-refractivity contribution < 1.29 is 14.6 Å². The SMILES string of the molecule is C=CC(=O)Oc1c2c(c(O)c3ccccc13)C1C=C(Cl)C2C1. The van der Waals surface area contributed by atoms with E-state index in [1.165, 1.54) is 0 Å². The quantitative estimate of drug-likeness (QED) is 0.509. The lowest BCUT2D eigenvalue weighted by molar-refractivity contribution is -0.128. The summed E-state index contributed by atoms with van der Waals surface area (Å²) in [5, 5.41) is 12.8. The molecule has 0 fully saturated rings. The molecule has 110 valence electrons. The molecule has 0 aromatic heterocycles. The van der Waals surface area contributed by atoms with E-state index < -0.39 is 5.97 Å². The average Bonchev–Trinajstić information content (AvgIpc) is 3.08. The minimum Gasteiger partial charge on any atom is -0.507 e. The number of aromatic hydroxyl groups is 1. The van der Waals surface area contributed by atoms with E-state index in [1.807, 2.05) is 30.3 Å². The number of fused-ring (bicyclic) bond motifs is 6. The van der Waals surface area contributed by atoms with Crippen LogP contribution in [-0.4, -0.2) is 11.1 Å². The number of benzene rings is 2. The van der Waals surface area contributed by atoms with Crippen LogP contribution in [-0.2, 0) is 4.79 Å². The Kier molecular flexibility index (Phi) is 2.81. The predicted octanol–water partition coefficient (Wildman–Crippen LogP) is 4.34. The summed E-state index contributed by atoms with van der Waals surface area (Å²) in [5.74, 6) is 0.313. The molecule has 0 spiro atoms. The molecule has 0 saturated heterocycles. The molecule has 22 heavy (non-hydrogen) atoms. The van der Waals surface area contributed by atoms with E-state index >= 15 is 0 Å². The second kappa shape index (κ2) is 4.62. The number of phenols is 1. The van der Waals surface area contributed by atoms with Crippen molar-refractivity contribution in [2.24, 2.45) is 0 Å². The standard InChI is InChI=1S/C18H13ClO3/c1-2-14(20)22-18-11-6-4-3-5-10(11)17(21)15-9-7-12(16(15)18)13(19)8-9/h2-6,8-9,12,21H,1,7H2. The molecule has 1 N–H and O–H groups in total. The molecule has 3 nitrogen and oxygen atoms in total. The number of hydrogen-bond donors (Lipinski definition) is 1. The van der Waals surface area contributed by atoms with E-state index in [-0.39, 0.29) is 17.6 Å². The monoisotopic (exact) mass is 312 g/mol. The van der Waals surface area contributed by atoms with Gasteiger partial charge < -0.3 is 9.84 Å². The molecular weight excluding hydrogens is 300 g/mol. The van der Waals surface area contributed by atoms with Crippen molar-refractivity contribution in [2.75, 3.05) is 0 Å². The summed E-state index contributed by atoms with van der Waals surface area (Å²) in [6, 6.07) is 7.37. The van der Waals surface area contributed by atoms with Crippen LogP contribution in [0.3, 0.4) is 0 Å². The maximum atomic E-state index is 11.7. The number of hydrogen-bond acceptors (Lipinski definition) is 3. The van der Waals surface area contributed by atoms with Gasteiger partial charge in [0.2, 0.25) is 0 Å². The van der Waals surface area contributed by atoms with Crippen LogP contribution in [0.15, 0.2) is 48.0 Å². The molecule has 0 aliphatic heterocycles. The molecule has 4 rings (SSSR count). The van der Waals surface area contributed by atoms with Gasteiger partial charge in [0.25, 0.3) is 0 Å². The number of phenolic OH excluding ortho intramolecular Hbond substituents is 1. The fraction of sp³-hybridized carbons (Fsp3) is 0.167. The van der Waals surface area contributed by atoms with Gasteiger partial charge in [0, 0.05) is 44.8 Å². The molecule has 2 aliphatic carbocycles. The number of ether oxygens (including phenoxy) is 1. The highest BCUT2D eigenvalue weighted by molar-refractivity contribution is 6.31. The summed E-state index contributed by atoms with van der Waals surface area (Å²) in [6.45, 7) is 3.45. The topological polar surface area (TPSA) is 46.5 Å². The highest BCUT2D eigenvalue weighted by atomic mass is 35.5. The van der Waals surface area contributed by atoms with Gasteiger partial charge in [0.05, 0.1) is 0 Å². The van der Waals surface area contributed by atoms with E-state index in [0.717, 1.165) is 28.7 Å². The van der Waals surface area contributed by atoms with Gasteiger partial charge >= 0.3 is 5.97 Å². The molecule has 2 aromatic rings. The maximum absolute atomic E-state index is 11.7. The molecular formula is C18H13ClO3. The van der Waals surface area contributed by atoms with Gasteiger partial charge in [-0.1, -0.05) is 48.5 Å². The fourth-order valence-corrected chi connectivity index (χ4v) is 3.95. The molecule has 2 unspecified atom stereocenters. The Labute approximate surface area is 132 Å². The van der Waals surface area contributed by atoms with Crippen molar-refractivity contribution in [3.05, 3.63) is 59.2 Å². The van der Waals surface area contributed by atoms with Gasteiger partial charge in [0.15, 0.2) is 0 Å². The fourth-order valence-electron chi connectivity index (χ4n) is 3.60. The zero-order chi connectivity index (χ0) is 15.4. The van der Waals surface area contributed by atoms with Crippen molar-refractivity contribution in [1.82, 2.24) is 0 Å². The van der Waals surface area contributed by atoms with Crippen LogP contribution in [0, 0.1) is 0 Å². The second-order valence-electron chi connectivity index (χ2n) is 5.62. The number of rotatable bonds is 2. The molecule has 0 heterocycles. The van der Waals surface area contributed by atoms with E-state index in [2.05, 4.69) is 6.58 Å². The molecule has 2 aliphatic rings. The van der Waals surface area contributed by atoms with Crippen molar-refractivity contribution >= 4 is 28.3 Å². The summed E-state index contributed by atoms with van der Waals surface area (Å²) >= 11 is 6.30. The van der Waals surface area contributed by atoms with Gasteiger partial charge in [-0.05, 0) is 6.42 Å². The lowest BCUT2D eigenvalue weighted by atomic mass is 9.90. The smallest absolute Gasteiger partial charge is 0.335 e. The normalized spacial score (nSPS) is 21.6. The first kappa shape index (κ1) is 13.4. The summed E-state index contributed by atoms with van der Waals surface area (Å²) in [6.07, 6.45) is 3.93. The number of carbonyl (C=O) groups is 1. The van der Waals surface area contributed by atoms with Crippen molar-refractivity contribution in [2.45, 2.75) is 18.3 Å². The van der Waals surface area contributed by atoms with Crippen LogP contribution in [0.1, 0.15) is 29.4 Å². The third-order valence-electron chi connectivity index (χ3n) is 4.49. The minimum atomic E-state index is -0.513. The van der Waals surface area contributed by atoms with Crippen LogP contribution >= 0.6 is 11.6 Å². The van der Waals surface area contributed by atoms with Gasteiger partial charge in [-0.3, -0.25) is 0 Å². The van der Waals surface area contributed by atoms with Gasteiger partial charge in [-0.2, -0.15) is 0 Å². The summed E-state index contributed by atoms with van der Waals surface area (Å²) in [4.78, 5) is 11.7. The van der Waals surface area contributed by atoms with Crippen LogP contribution in [0.25, 0.3) is 10.8 Å². The van der Waals surface area contributed by atoms with E-state index in [1.54, 1.807) is 0 Å². The zero-order valence-electron chi connectivity index (χ0n) is 11.7. The average molecular weight is 313 g/mol. The van der Waals surface area contributed by atoms with Crippen LogP contribution in [0.4, 0.5) is 0 Å². The highest BCUT2D eigenvalue weighted by Crippen LogP contribution is 2.60. The number of halogens is 1. The Morgan fingerprint density at radius 2 is 2.05 bits per heavy atom. The van der Waals surface area contributed by atoms with Gasteiger partial charge in [-0.25, -0.2) is 4.79 Å². The second-order valence-corrected chi connectivity index (χ2v) is 6.06. The third-order valence-corrected chi connectivity index (χ3v) is 4.88. The first-order valence-corrected chi connectivity index (χ1v) is 7.48. The molecule has 0 saturated carbocycles. The van der Waals surface area contributed by atoms with Crippen molar-refractivity contribution in [1.29, 1.82) is 0 Å². The molecule has 4 heteroatoms. The first-order chi connectivity index (χ1) is 10.6. The Balaban J connectivity index is 2.07. The summed E-state index contributed by atoms with van der Waals surface area (Å²) < 4.78 is 5.52. The van der Waals surface area contributed by atoms with E-state index in [4.69, 9.17) is 16.3 Å². The van der Waals surface area contributed by atoms with Gasteiger partial charge in [0.1, 0.15) is 11.5 Å². The summed E-state index contributed by atoms with van der Waals surface area (Å²) in [5.41, 5.74) is 1.67. The molecule has 2 atom stereocenters. The minimum absolute atomic E-state index is 0.00946. The van der Waals surface area contributed by atoms with Crippen LogP contribution in [0.2, 0.25) is 0 Å². The molecule has 0 amide bonds. The number of allylic oxidation sites excluding steroid dienone is 2. The lowest BCUT2D eigenvalue weighted by Crippen LogP contribution is -2.09. The molecule has 2 bridgehead atoms. The van der Waals surface area contributed by atoms with Crippen LogP contribution in [0.5, 0.6) is 11.5 Å². The Bertz CT molecular complexity index is 866. The highest BCUT2D eigenvalue weighted by Gasteiger charge is 2.43. The largest absolute Gasteiger partial charge is 0.507 e. The summed E-state index contributed by atoms with van der Waals surface area (Å²) in [7, 11) is 0. The van der Waals surface area contributed by atoms with E-state index in [9.17, 15) is 9.90 Å². The van der Waals surface area contributed by atoms with Crippen LogP contribution < -0.4 is 4.74 Å². The third kappa shape index (κ3) is 1.66. The maximum Gasteiger partial charge on any atom is 0.335 e. The Morgan fingerprint density at radius 1 is 1.32 bits per heavy atom. The Hall–Kier alpha value is -2.26. The first-order valence-electron chi connectivity index (χ1n) is 7.10.